The monoisotopic (exact) mass is 212 g/mol. The van der Waals surface area contributed by atoms with Gasteiger partial charge in [-0.1, -0.05) is 11.6 Å². The first-order valence-corrected chi connectivity index (χ1v) is 4.47. The highest BCUT2D eigenvalue weighted by Crippen LogP contribution is 2.13. The van der Waals surface area contributed by atoms with E-state index in [2.05, 4.69) is 4.99 Å². The van der Waals surface area contributed by atoms with Gasteiger partial charge >= 0.3 is 0 Å². The molecule has 0 fully saturated rings. The lowest BCUT2D eigenvalue weighted by atomic mass is 10.2. The number of halogens is 1. The minimum atomic E-state index is -0.450. The Kier molecular flexibility index (Phi) is 3.59. The molecule has 4 nitrogen and oxygen atoms in total. The van der Waals surface area contributed by atoms with Gasteiger partial charge in [0, 0.05) is 24.2 Å². The number of nitro benzene ring substituents is 1. The third-order valence-electron chi connectivity index (χ3n) is 1.61. The van der Waals surface area contributed by atoms with Crippen LogP contribution in [0.15, 0.2) is 29.3 Å². The number of hydrogen-bond donors (Lipinski definition) is 0. The number of nitro groups is 1. The second-order valence-electron chi connectivity index (χ2n) is 2.57. The molecular weight excluding hydrogens is 204 g/mol. The molecule has 0 atom stereocenters. The maximum Gasteiger partial charge on any atom is 0.269 e. The predicted octanol–water partition coefficient (Wildman–Crippen LogP) is 2.60. The first kappa shape index (κ1) is 10.7. The Morgan fingerprint density at radius 3 is 2.50 bits per heavy atom. The third-order valence-corrected chi connectivity index (χ3v) is 1.95. The van der Waals surface area contributed by atoms with Gasteiger partial charge < -0.3 is 0 Å². The Hall–Kier alpha value is -1.42. The van der Waals surface area contributed by atoms with Crippen molar-refractivity contribution in [2.75, 3.05) is 6.54 Å². The molecule has 0 aliphatic rings. The van der Waals surface area contributed by atoms with Crippen LogP contribution in [0.1, 0.15) is 12.5 Å². The average molecular weight is 213 g/mol. The minimum absolute atomic E-state index is 0.0507. The van der Waals surface area contributed by atoms with Crippen LogP contribution in [0.2, 0.25) is 0 Å². The number of nitrogens with zero attached hydrogens (tertiary/aromatic N) is 2. The quantitative estimate of drug-likeness (QED) is 0.439. The van der Waals surface area contributed by atoms with Crippen molar-refractivity contribution in [2.24, 2.45) is 4.99 Å². The van der Waals surface area contributed by atoms with Gasteiger partial charge in [0.2, 0.25) is 0 Å². The summed E-state index contributed by atoms with van der Waals surface area (Å²) < 4.78 is 0. The fraction of sp³-hybridized carbons (Fsp3) is 0.222. The van der Waals surface area contributed by atoms with Crippen LogP contribution in [-0.2, 0) is 0 Å². The highest BCUT2D eigenvalue weighted by Gasteiger charge is 2.05. The summed E-state index contributed by atoms with van der Waals surface area (Å²) in [7, 11) is 0. The van der Waals surface area contributed by atoms with Crippen LogP contribution in [0.5, 0.6) is 0 Å². The summed E-state index contributed by atoms with van der Waals surface area (Å²) in [5.41, 5.74) is 0.744. The number of rotatable bonds is 3. The van der Waals surface area contributed by atoms with Gasteiger partial charge in [-0.2, -0.15) is 0 Å². The molecule has 0 unspecified atom stereocenters. The molecule has 0 saturated carbocycles. The Bertz CT molecular complexity index is 360. The van der Waals surface area contributed by atoms with E-state index in [0.717, 1.165) is 0 Å². The van der Waals surface area contributed by atoms with Crippen LogP contribution < -0.4 is 0 Å². The first-order chi connectivity index (χ1) is 6.65. The van der Waals surface area contributed by atoms with E-state index in [-0.39, 0.29) is 5.69 Å². The highest BCUT2D eigenvalue weighted by molar-refractivity contribution is 6.69. The second kappa shape index (κ2) is 4.72. The van der Waals surface area contributed by atoms with E-state index in [1.165, 1.54) is 12.1 Å². The largest absolute Gasteiger partial charge is 0.273 e. The Labute approximate surface area is 86.4 Å². The van der Waals surface area contributed by atoms with Gasteiger partial charge in [-0.05, 0) is 19.1 Å². The van der Waals surface area contributed by atoms with Crippen molar-refractivity contribution in [1.29, 1.82) is 0 Å². The summed E-state index contributed by atoms with van der Waals surface area (Å²) in [5.74, 6) is 0. The standard InChI is InChI=1S/C9H9ClN2O2/c1-2-11-9(10)7-3-5-8(6-4-7)12(13)14/h3-6H,2H2,1H3. The van der Waals surface area contributed by atoms with Crippen LogP contribution >= 0.6 is 11.6 Å². The van der Waals surface area contributed by atoms with E-state index in [1.807, 2.05) is 6.92 Å². The third kappa shape index (κ3) is 2.53. The smallest absolute Gasteiger partial charge is 0.269 e. The molecule has 0 N–H and O–H groups in total. The normalized spacial score (nSPS) is 11.4. The number of aliphatic imine (C=N–C) groups is 1. The van der Waals surface area contributed by atoms with Gasteiger partial charge in [0.1, 0.15) is 5.17 Å². The molecule has 0 aliphatic carbocycles. The van der Waals surface area contributed by atoms with E-state index in [1.54, 1.807) is 12.1 Å². The van der Waals surface area contributed by atoms with E-state index >= 15 is 0 Å². The molecule has 0 bridgehead atoms. The maximum atomic E-state index is 10.4. The van der Waals surface area contributed by atoms with Crippen molar-refractivity contribution >= 4 is 22.5 Å². The highest BCUT2D eigenvalue weighted by atomic mass is 35.5. The zero-order valence-electron chi connectivity index (χ0n) is 7.61. The van der Waals surface area contributed by atoms with Crippen molar-refractivity contribution in [3.05, 3.63) is 39.9 Å². The SMILES string of the molecule is CCN=C(Cl)c1ccc([N+](=O)[O-])cc1. The zero-order valence-corrected chi connectivity index (χ0v) is 8.36. The molecule has 1 aromatic rings. The Balaban J connectivity index is 2.94. The summed E-state index contributed by atoms with van der Waals surface area (Å²) in [6.45, 7) is 2.46. The van der Waals surface area contributed by atoms with Gasteiger partial charge in [0.25, 0.3) is 5.69 Å². The number of hydrogen-bond acceptors (Lipinski definition) is 3. The molecule has 0 spiro atoms. The van der Waals surface area contributed by atoms with Gasteiger partial charge in [0.05, 0.1) is 4.92 Å². The Morgan fingerprint density at radius 2 is 2.07 bits per heavy atom. The molecular formula is C9H9ClN2O2. The molecule has 74 valence electrons. The van der Waals surface area contributed by atoms with Crippen LogP contribution in [0, 0.1) is 10.1 Å². The minimum Gasteiger partial charge on any atom is -0.273 e. The number of benzene rings is 1. The van der Waals surface area contributed by atoms with Gasteiger partial charge in [0.15, 0.2) is 0 Å². The topological polar surface area (TPSA) is 55.5 Å². The summed E-state index contributed by atoms with van der Waals surface area (Å²) in [6, 6.07) is 5.98. The lowest BCUT2D eigenvalue weighted by Crippen LogP contribution is -1.93. The molecule has 5 heteroatoms. The van der Waals surface area contributed by atoms with Crippen molar-refractivity contribution in [3.63, 3.8) is 0 Å². The lowest BCUT2D eigenvalue weighted by Gasteiger charge is -1.97. The van der Waals surface area contributed by atoms with Gasteiger partial charge in [-0.3, -0.25) is 15.1 Å². The van der Waals surface area contributed by atoms with Crippen LogP contribution in [0.25, 0.3) is 0 Å². The van der Waals surface area contributed by atoms with Crippen LogP contribution in [-0.4, -0.2) is 16.6 Å². The molecule has 0 heterocycles. The fourth-order valence-electron chi connectivity index (χ4n) is 0.951. The first-order valence-electron chi connectivity index (χ1n) is 4.10. The van der Waals surface area contributed by atoms with Crippen molar-refractivity contribution in [2.45, 2.75) is 6.92 Å². The van der Waals surface area contributed by atoms with Crippen LogP contribution in [0.4, 0.5) is 5.69 Å². The predicted molar refractivity (Wildman–Crippen MR) is 56.0 cm³/mol. The molecule has 0 amide bonds. The fourth-order valence-corrected chi connectivity index (χ4v) is 1.20. The molecule has 0 radical (unpaired) electrons. The molecule has 14 heavy (non-hydrogen) atoms. The van der Waals surface area contributed by atoms with E-state index in [4.69, 9.17) is 11.6 Å². The van der Waals surface area contributed by atoms with Crippen molar-refractivity contribution in [1.82, 2.24) is 0 Å². The average Bonchev–Trinajstić information content (AvgIpc) is 2.18. The van der Waals surface area contributed by atoms with E-state index in [9.17, 15) is 10.1 Å². The summed E-state index contributed by atoms with van der Waals surface area (Å²) >= 11 is 5.82. The Morgan fingerprint density at radius 1 is 1.50 bits per heavy atom. The lowest BCUT2D eigenvalue weighted by molar-refractivity contribution is -0.384. The van der Waals surface area contributed by atoms with E-state index in [0.29, 0.717) is 17.3 Å². The summed E-state index contributed by atoms with van der Waals surface area (Å²) in [5, 5.41) is 10.7. The van der Waals surface area contributed by atoms with Gasteiger partial charge in [-0.15, -0.1) is 0 Å². The summed E-state index contributed by atoms with van der Waals surface area (Å²) in [4.78, 5) is 13.9. The molecule has 1 rings (SSSR count). The zero-order chi connectivity index (χ0) is 10.6. The van der Waals surface area contributed by atoms with Crippen molar-refractivity contribution < 1.29 is 4.92 Å². The molecule has 1 aromatic carbocycles. The summed E-state index contributed by atoms with van der Waals surface area (Å²) in [6.07, 6.45) is 0. The maximum absolute atomic E-state index is 10.4. The molecule has 0 saturated heterocycles. The molecule has 0 aromatic heterocycles. The second-order valence-corrected chi connectivity index (χ2v) is 2.93. The van der Waals surface area contributed by atoms with E-state index < -0.39 is 4.92 Å². The van der Waals surface area contributed by atoms with Gasteiger partial charge in [-0.25, -0.2) is 0 Å². The number of non-ortho nitro benzene ring substituents is 1. The molecule has 0 aliphatic heterocycles. The van der Waals surface area contributed by atoms with Crippen LogP contribution in [0.3, 0.4) is 0 Å². The van der Waals surface area contributed by atoms with Crippen molar-refractivity contribution in [3.8, 4) is 0 Å².